The molecule has 2 aliphatic rings. The van der Waals surface area contributed by atoms with Gasteiger partial charge in [0.2, 0.25) is 11.9 Å². The maximum atomic E-state index is 12.3. The van der Waals surface area contributed by atoms with Crippen LogP contribution in [0.1, 0.15) is 6.23 Å². The standard InChI is InChI=1S/C14H20N7O7PS/c15-3-6(22)17-1-2-30-14-18-7-10(19-13(16)20-11(7)24)21(14)12-8(23)9-5(27-12)4-26-29(25)28-9/h5,8-9,12,23,25H,1-4,15H2,(H,17,22)(H3,16,19,20,24). The first kappa shape index (κ1) is 21.4. The fraction of sp³-hybridized carbons (Fsp3) is 0.571. The molecule has 2 aromatic heterocycles. The van der Waals surface area contributed by atoms with E-state index in [0.717, 1.165) is 0 Å². The average molecular weight is 461 g/mol. The number of fused-ring (bicyclic) bond motifs is 2. The number of carbonyl (C=O) groups excluding carboxylic acids is 1. The van der Waals surface area contributed by atoms with E-state index in [1.165, 1.54) is 16.3 Å². The van der Waals surface area contributed by atoms with Crippen molar-refractivity contribution in [2.45, 2.75) is 29.7 Å². The van der Waals surface area contributed by atoms with E-state index in [9.17, 15) is 19.6 Å². The summed E-state index contributed by atoms with van der Waals surface area (Å²) in [5.74, 6) is -0.0188. The zero-order chi connectivity index (χ0) is 21.4. The van der Waals surface area contributed by atoms with Crippen molar-refractivity contribution in [2.24, 2.45) is 5.73 Å². The minimum atomic E-state index is -2.11. The molecule has 4 rings (SSSR count). The van der Waals surface area contributed by atoms with Crippen molar-refractivity contribution in [3.05, 3.63) is 10.4 Å². The molecule has 0 radical (unpaired) electrons. The van der Waals surface area contributed by atoms with Gasteiger partial charge in [0.05, 0.1) is 13.2 Å². The number of anilines is 1. The summed E-state index contributed by atoms with van der Waals surface area (Å²) in [5, 5.41) is 13.7. The van der Waals surface area contributed by atoms with E-state index in [-0.39, 0.29) is 36.2 Å². The third-order valence-corrected chi connectivity index (χ3v) is 6.25. The largest absolute Gasteiger partial charge is 0.386 e. The normalized spacial score (nSPS) is 28.6. The number of carbonyl (C=O) groups is 1. The van der Waals surface area contributed by atoms with Gasteiger partial charge in [-0.15, -0.1) is 0 Å². The fourth-order valence-electron chi connectivity index (χ4n) is 3.19. The summed E-state index contributed by atoms with van der Waals surface area (Å²) in [5.41, 5.74) is 10.5. The summed E-state index contributed by atoms with van der Waals surface area (Å²) in [6.07, 6.45) is -3.65. The summed E-state index contributed by atoms with van der Waals surface area (Å²) < 4.78 is 17.7. The second kappa shape index (κ2) is 8.72. The van der Waals surface area contributed by atoms with E-state index < -0.39 is 38.7 Å². The van der Waals surface area contributed by atoms with Gasteiger partial charge in [0.15, 0.2) is 22.5 Å². The smallest absolute Gasteiger partial charge is 0.330 e. The summed E-state index contributed by atoms with van der Waals surface area (Å²) in [7, 11) is -2.11. The number of nitrogens with two attached hydrogens (primary N) is 2. The second-order valence-electron chi connectivity index (χ2n) is 6.45. The highest BCUT2D eigenvalue weighted by molar-refractivity contribution is 7.99. The molecule has 2 fully saturated rings. The number of ether oxygens (including phenoxy) is 1. The van der Waals surface area contributed by atoms with Crippen molar-refractivity contribution in [3.63, 3.8) is 0 Å². The highest BCUT2D eigenvalue weighted by Crippen LogP contribution is 2.47. The SMILES string of the molecule is NCC(=O)NCCSc1nc2c(=O)[nH]c(N)nc2n1C1OC2COP(O)OC2C1O. The Labute approximate surface area is 174 Å². The van der Waals surface area contributed by atoms with Crippen LogP contribution in [-0.2, 0) is 18.6 Å². The van der Waals surface area contributed by atoms with Gasteiger partial charge >= 0.3 is 8.60 Å². The minimum absolute atomic E-state index is 0.0185. The van der Waals surface area contributed by atoms with Crippen molar-refractivity contribution in [1.29, 1.82) is 0 Å². The first-order valence-corrected chi connectivity index (χ1v) is 11.0. The lowest BCUT2D eigenvalue weighted by Gasteiger charge is -2.27. The monoisotopic (exact) mass is 461 g/mol. The Kier molecular flexibility index (Phi) is 6.22. The Hall–Kier alpha value is -1.84. The lowest BCUT2D eigenvalue weighted by Crippen LogP contribution is -2.38. The van der Waals surface area contributed by atoms with E-state index in [1.54, 1.807) is 0 Å². The molecule has 1 amide bonds. The van der Waals surface area contributed by atoms with Crippen molar-refractivity contribution in [3.8, 4) is 0 Å². The number of aromatic nitrogens is 4. The third kappa shape index (κ3) is 4.02. The molecular formula is C14H20N7O7PS. The average Bonchev–Trinajstić information content (AvgIpc) is 3.22. The van der Waals surface area contributed by atoms with Gasteiger partial charge < -0.3 is 40.6 Å². The molecule has 16 heteroatoms. The molecule has 14 nitrogen and oxygen atoms in total. The van der Waals surface area contributed by atoms with Gasteiger partial charge in [-0.1, -0.05) is 11.8 Å². The Balaban J connectivity index is 1.66. The van der Waals surface area contributed by atoms with Crippen LogP contribution < -0.4 is 22.3 Å². The van der Waals surface area contributed by atoms with Gasteiger partial charge in [-0.05, 0) is 0 Å². The molecule has 4 heterocycles. The fourth-order valence-corrected chi connectivity index (χ4v) is 4.86. The van der Waals surface area contributed by atoms with Gasteiger partial charge in [0.1, 0.15) is 18.3 Å². The van der Waals surface area contributed by atoms with E-state index in [2.05, 4.69) is 20.3 Å². The number of thioether (sulfide) groups is 1. The first-order chi connectivity index (χ1) is 14.4. The summed E-state index contributed by atoms with van der Waals surface area (Å²) >= 11 is 1.22. The highest BCUT2D eigenvalue weighted by Gasteiger charge is 2.50. The zero-order valence-corrected chi connectivity index (χ0v) is 17.1. The maximum absolute atomic E-state index is 12.3. The number of rotatable bonds is 6. The van der Waals surface area contributed by atoms with E-state index in [0.29, 0.717) is 17.5 Å². The third-order valence-electron chi connectivity index (χ3n) is 4.50. The molecule has 0 aliphatic carbocycles. The molecule has 5 atom stereocenters. The number of nitrogens with zero attached hydrogens (tertiary/aromatic N) is 3. The summed E-state index contributed by atoms with van der Waals surface area (Å²) in [6, 6.07) is 0. The molecule has 2 aromatic rings. The number of aromatic amines is 1. The molecule has 2 aliphatic heterocycles. The molecular weight excluding hydrogens is 441 g/mol. The number of hydrogen-bond donors (Lipinski definition) is 6. The predicted molar refractivity (Wildman–Crippen MR) is 105 cm³/mol. The van der Waals surface area contributed by atoms with Crippen molar-refractivity contribution in [2.75, 3.05) is 31.2 Å². The number of amides is 1. The molecule has 30 heavy (non-hydrogen) atoms. The quantitative estimate of drug-likeness (QED) is 0.153. The van der Waals surface area contributed by atoms with Crippen LogP contribution in [-0.4, -0.2) is 79.2 Å². The number of aliphatic hydroxyl groups is 1. The van der Waals surface area contributed by atoms with Crippen LogP contribution in [0.2, 0.25) is 0 Å². The van der Waals surface area contributed by atoms with Gasteiger partial charge in [0.25, 0.3) is 5.56 Å². The number of imidazole rings is 1. The Morgan fingerprint density at radius 3 is 3.03 bits per heavy atom. The van der Waals surface area contributed by atoms with Gasteiger partial charge in [-0.3, -0.25) is 19.1 Å². The summed E-state index contributed by atoms with van der Waals surface area (Å²) in [4.78, 5) is 44.1. The predicted octanol–water partition coefficient (Wildman–Crippen LogP) is -2.24. The Bertz CT molecular complexity index is 1000. The van der Waals surface area contributed by atoms with Gasteiger partial charge in [0, 0.05) is 12.3 Å². The number of nitrogen functional groups attached to an aromatic ring is 1. The molecule has 0 spiro atoms. The number of hydrogen-bond acceptors (Lipinski definition) is 12. The highest BCUT2D eigenvalue weighted by atomic mass is 32.2. The number of H-pyrrole nitrogens is 1. The lowest BCUT2D eigenvalue weighted by atomic mass is 10.1. The zero-order valence-electron chi connectivity index (χ0n) is 15.4. The molecule has 0 aromatic carbocycles. The van der Waals surface area contributed by atoms with Crippen LogP contribution in [0.3, 0.4) is 0 Å². The van der Waals surface area contributed by atoms with Crippen molar-refractivity contribution >= 4 is 43.4 Å². The van der Waals surface area contributed by atoms with Gasteiger partial charge in [-0.25, -0.2) is 4.98 Å². The van der Waals surface area contributed by atoms with E-state index in [4.69, 9.17) is 25.3 Å². The van der Waals surface area contributed by atoms with E-state index >= 15 is 0 Å². The second-order valence-corrected chi connectivity index (χ2v) is 8.46. The molecule has 0 bridgehead atoms. The molecule has 164 valence electrons. The van der Waals surface area contributed by atoms with Crippen molar-refractivity contribution < 1.29 is 28.6 Å². The van der Waals surface area contributed by atoms with Crippen LogP contribution in [0.5, 0.6) is 0 Å². The van der Waals surface area contributed by atoms with Crippen LogP contribution >= 0.6 is 20.4 Å². The molecule has 8 N–H and O–H groups in total. The minimum Gasteiger partial charge on any atom is -0.386 e. The van der Waals surface area contributed by atoms with Crippen molar-refractivity contribution in [1.82, 2.24) is 24.8 Å². The van der Waals surface area contributed by atoms with Crippen LogP contribution in [0, 0.1) is 0 Å². The lowest BCUT2D eigenvalue weighted by molar-refractivity contribution is -0.119. The Morgan fingerprint density at radius 2 is 2.27 bits per heavy atom. The molecule has 0 saturated carbocycles. The molecule has 5 unspecified atom stereocenters. The van der Waals surface area contributed by atoms with E-state index in [1.807, 2.05) is 0 Å². The Morgan fingerprint density at radius 1 is 1.47 bits per heavy atom. The van der Waals surface area contributed by atoms with Crippen LogP contribution in [0.4, 0.5) is 5.95 Å². The topological polar surface area (TPSA) is 213 Å². The summed E-state index contributed by atoms with van der Waals surface area (Å²) in [6.45, 7) is 0.222. The first-order valence-electron chi connectivity index (χ1n) is 8.88. The number of nitrogens with one attached hydrogen (secondary N) is 2. The maximum Gasteiger partial charge on any atom is 0.330 e. The van der Waals surface area contributed by atoms with Gasteiger partial charge in [-0.2, -0.15) is 4.98 Å². The molecule has 2 saturated heterocycles. The van der Waals surface area contributed by atoms with Crippen LogP contribution in [0.15, 0.2) is 9.95 Å². The van der Waals surface area contributed by atoms with Crippen LogP contribution in [0.25, 0.3) is 11.2 Å². The number of aliphatic hydroxyl groups excluding tert-OH is 1.